The molecule has 0 bridgehead atoms. The van der Waals surface area contributed by atoms with Crippen LogP contribution in [0.4, 0.5) is 0 Å². The zero-order valence-corrected chi connectivity index (χ0v) is 16.4. The molecule has 2 fully saturated rings. The van der Waals surface area contributed by atoms with Crippen LogP contribution in [-0.2, 0) is 11.3 Å². The predicted octanol–water partition coefficient (Wildman–Crippen LogP) is 2.18. The monoisotopic (exact) mass is 373 g/mol. The molecule has 1 aromatic rings. The Hall–Kier alpha value is -1.79. The Kier molecular flexibility index (Phi) is 5.83. The number of carbonyl (C=O) groups is 1. The second kappa shape index (κ2) is 8.48. The van der Waals surface area contributed by atoms with Crippen LogP contribution < -0.4 is 9.47 Å². The summed E-state index contributed by atoms with van der Waals surface area (Å²) in [6.07, 6.45) is 3.08. The van der Waals surface area contributed by atoms with Crippen molar-refractivity contribution in [1.29, 1.82) is 0 Å². The van der Waals surface area contributed by atoms with Crippen molar-refractivity contribution in [3.63, 3.8) is 0 Å². The summed E-state index contributed by atoms with van der Waals surface area (Å²) >= 11 is 0. The number of piperidine rings is 1. The minimum absolute atomic E-state index is 0.326. The molecule has 6 nitrogen and oxygen atoms in total. The first-order chi connectivity index (χ1) is 13.2. The number of carbonyl (C=O) groups excluding carboxylic acids is 1. The molecule has 6 heteroatoms. The maximum atomic E-state index is 12.5. The zero-order chi connectivity index (χ0) is 18.6. The van der Waals surface area contributed by atoms with Gasteiger partial charge < -0.3 is 19.3 Å². The molecule has 3 heterocycles. The van der Waals surface area contributed by atoms with Gasteiger partial charge in [0, 0.05) is 58.8 Å². The standard InChI is InChI=1S/C21H31N3O3/c1-17-3-2-7-24(14-17)21(25)6-8-22-9-11-23(12-10-22)15-18-4-5-19-20(13-18)27-16-26-19/h4-5,13,17H,2-3,6-12,14-16H2,1H3. The van der Waals surface area contributed by atoms with E-state index in [-0.39, 0.29) is 0 Å². The summed E-state index contributed by atoms with van der Waals surface area (Å²) in [5.74, 6) is 2.69. The fourth-order valence-electron chi connectivity index (χ4n) is 4.30. The van der Waals surface area contributed by atoms with Crippen LogP contribution >= 0.6 is 0 Å². The highest BCUT2D eigenvalue weighted by molar-refractivity contribution is 5.76. The fraction of sp³-hybridized carbons (Fsp3) is 0.667. The number of ether oxygens (including phenoxy) is 2. The average Bonchev–Trinajstić information content (AvgIpc) is 3.15. The van der Waals surface area contributed by atoms with Gasteiger partial charge in [-0.15, -0.1) is 0 Å². The van der Waals surface area contributed by atoms with Gasteiger partial charge in [-0.2, -0.15) is 0 Å². The van der Waals surface area contributed by atoms with Crippen molar-refractivity contribution in [3.8, 4) is 11.5 Å². The number of hydrogen-bond donors (Lipinski definition) is 0. The first-order valence-corrected chi connectivity index (χ1v) is 10.3. The Balaban J connectivity index is 1.18. The molecule has 0 spiro atoms. The lowest BCUT2D eigenvalue weighted by Crippen LogP contribution is -2.47. The van der Waals surface area contributed by atoms with E-state index in [2.05, 4.69) is 33.8 Å². The highest BCUT2D eigenvalue weighted by Gasteiger charge is 2.23. The van der Waals surface area contributed by atoms with Gasteiger partial charge in [-0.25, -0.2) is 0 Å². The molecule has 0 aliphatic carbocycles. The lowest BCUT2D eigenvalue weighted by molar-refractivity contribution is -0.133. The summed E-state index contributed by atoms with van der Waals surface area (Å²) in [5.41, 5.74) is 1.27. The Morgan fingerprint density at radius 1 is 1.07 bits per heavy atom. The van der Waals surface area contributed by atoms with Gasteiger partial charge in [0.25, 0.3) is 0 Å². The molecule has 3 aliphatic heterocycles. The smallest absolute Gasteiger partial charge is 0.231 e. The molecule has 2 saturated heterocycles. The van der Waals surface area contributed by atoms with E-state index in [4.69, 9.17) is 9.47 Å². The van der Waals surface area contributed by atoms with Crippen LogP contribution in [0.3, 0.4) is 0 Å². The highest BCUT2D eigenvalue weighted by atomic mass is 16.7. The summed E-state index contributed by atoms with van der Waals surface area (Å²) < 4.78 is 10.9. The van der Waals surface area contributed by atoms with Crippen LogP contribution in [-0.4, -0.2) is 73.2 Å². The number of likely N-dealkylation sites (tertiary alicyclic amines) is 1. The number of rotatable bonds is 5. The SMILES string of the molecule is CC1CCCN(C(=O)CCN2CCN(Cc3ccc4c(c3)OCO4)CC2)C1. The van der Waals surface area contributed by atoms with E-state index in [9.17, 15) is 4.79 Å². The normalized spacial score (nSPS) is 23.6. The van der Waals surface area contributed by atoms with Crippen LogP contribution in [0.15, 0.2) is 18.2 Å². The van der Waals surface area contributed by atoms with Gasteiger partial charge in [-0.05, 0) is 36.5 Å². The van der Waals surface area contributed by atoms with Gasteiger partial charge >= 0.3 is 0 Å². The highest BCUT2D eigenvalue weighted by Crippen LogP contribution is 2.32. The fourth-order valence-corrected chi connectivity index (χ4v) is 4.30. The van der Waals surface area contributed by atoms with Crippen molar-refractivity contribution in [3.05, 3.63) is 23.8 Å². The third-order valence-corrected chi connectivity index (χ3v) is 5.96. The van der Waals surface area contributed by atoms with Gasteiger partial charge in [0.05, 0.1) is 0 Å². The quantitative estimate of drug-likeness (QED) is 0.792. The number of benzene rings is 1. The van der Waals surface area contributed by atoms with E-state index in [0.29, 0.717) is 25.0 Å². The first-order valence-electron chi connectivity index (χ1n) is 10.3. The summed E-state index contributed by atoms with van der Waals surface area (Å²) in [6, 6.07) is 6.21. The molecule has 1 amide bonds. The predicted molar refractivity (Wildman–Crippen MR) is 104 cm³/mol. The lowest BCUT2D eigenvalue weighted by atomic mass is 10.00. The Morgan fingerprint density at radius 3 is 2.67 bits per heavy atom. The maximum absolute atomic E-state index is 12.5. The summed E-state index contributed by atoms with van der Waals surface area (Å²) in [4.78, 5) is 19.4. The number of fused-ring (bicyclic) bond motifs is 1. The molecule has 3 aliphatic rings. The molecule has 1 aromatic carbocycles. The molecular weight excluding hydrogens is 342 g/mol. The van der Waals surface area contributed by atoms with Gasteiger partial charge in [-0.3, -0.25) is 9.69 Å². The topological polar surface area (TPSA) is 45.3 Å². The molecule has 0 radical (unpaired) electrons. The Morgan fingerprint density at radius 2 is 1.85 bits per heavy atom. The molecule has 4 rings (SSSR count). The number of hydrogen-bond acceptors (Lipinski definition) is 5. The third kappa shape index (κ3) is 4.74. The van der Waals surface area contributed by atoms with E-state index in [1.807, 2.05) is 6.07 Å². The second-order valence-electron chi connectivity index (χ2n) is 8.14. The van der Waals surface area contributed by atoms with Gasteiger partial charge in [0.2, 0.25) is 12.7 Å². The van der Waals surface area contributed by atoms with Gasteiger partial charge in [-0.1, -0.05) is 13.0 Å². The summed E-state index contributed by atoms with van der Waals surface area (Å²) in [5, 5.41) is 0. The molecule has 148 valence electrons. The van der Waals surface area contributed by atoms with Crippen LogP contribution in [0.2, 0.25) is 0 Å². The van der Waals surface area contributed by atoms with E-state index in [0.717, 1.165) is 70.3 Å². The van der Waals surface area contributed by atoms with Crippen molar-refractivity contribution in [2.75, 3.05) is 52.6 Å². The van der Waals surface area contributed by atoms with Crippen LogP contribution in [0.25, 0.3) is 0 Å². The van der Waals surface area contributed by atoms with Crippen molar-refractivity contribution in [1.82, 2.24) is 14.7 Å². The zero-order valence-electron chi connectivity index (χ0n) is 16.4. The van der Waals surface area contributed by atoms with Crippen molar-refractivity contribution < 1.29 is 14.3 Å². The summed E-state index contributed by atoms with van der Waals surface area (Å²) in [7, 11) is 0. The lowest BCUT2D eigenvalue weighted by Gasteiger charge is -2.35. The van der Waals surface area contributed by atoms with Crippen molar-refractivity contribution >= 4 is 5.91 Å². The van der Waals surface area contributed by atoms with E-state index in [1.165, 1.54) is 12.0 Å². The van der Waals surface area contributed by atoms with Crippen molar-refractivity contribution in [2.24, 2.45) is 5.92 Å². The number of amides is 1. The van der Waals surface area contributed by atoms with E-state index < -0.39 is 0 Å². The van der Waals surface area contributed by atoms with E-state index in [1.54, 1.807) is 0 Å². The number of piperazine rings is 1. The molecule has 0 N–H and O–H groups in total. The Labute approximate surface area is 162 Å². The minimum atomic E-state index is 0.326. The molecule has 0 aromatic heterocycles. The summed E-state index contributed by atoms with van der Waals surface area (Å²) in [6.45, 7) is 10.5. The van der Waals surface area contributed by atoms with Crippen LogP contribution in [0, 0.1) is 5.92 Å². The third-order valence-electron chi connectivity index (χ3n) is 5.96. The molecule has 0 saturated carbocycles. The molecule has 1 unspecified atom stereocenters. The van der Waals surface area contributed by atoms with Crippen LogP contribution in [0.5, 0.6) is 11.5 Å². The van der Waals surface area contributed by atoms with Gasteiger partial charge in [0.15, 0.2) is 11.5 Å². The van der Waals surface area contributed by atoms with Crippen LogP contribution in [0.1, 0.15) is 31.7 Å². The first kappa shape index (κ1) is 18.6. The molecule has 1 atom stereocenters. The maximum Gasteiger partial charge on any atom is 0.231 e. The Bertz CT molecular complexity index is 658. The molecule has 27 heavy (non-hydrogen) atoms. The second-order valence-corrected chi connectivity index (χ2v) is 8.14. The molecular formula is C21H31N3O3. The van der Waals surface area contributed by atoms with Gasteiger partial charge in [0.1, 0.15) is 0 Å². The largest absolute Gasteiger partial charge is 0.454 e. The van der Waals surface area contributed by atoms with E-state index >= 15 is 0 Å². The minimum Gasteiger partial charge on any atom is -0.454 e. The van der Waals surface area contributed by atoms with Crippen molar-refractivity contribution in [2.45, 2.75) is 32.7 Å². The average molecular weight is 373 g/mol. The number of nitrogens with zero attached hydrogens (tertiary/aromatic N) is 3.